The normalized spacial score (nSPS) is 20.0. The molecule has 1 saturated carbocycles. The molecule has 1 aliphatic carbocycles. The maximum atomic E-state index is 12.7. The molecule has 0 radical (unpaired) electrons. The first-order valence-corrected chi connectivity index (χ1v) is 10.1. The van der Waals surface area contributed by atoms with Gasteiger partial charge in [0.2, 0.25) is 5.91 Å². The van der Waals surface area contributed by atoms with Crippen LogP contribution in [0, 0.1) is 5.92 Å². The molecule has 1 aromatic carbocycles. The minimum Gasteiger partial charge on any atom is -0.491 e. The fourth-order valence-corrected chi connectivity index (χ4v) is 4.44. The van der Waals surface area contributed by atoms with Crippen LogP contribution in [-0.2, 0) is 4.79 Å². The predicted molar refractivity (Wildman–Crippen MR) is 107 cm³/mol. The Balaban J connectivity index is 1.54. The second-order valence-electron chi connectivity index (χ2n) is 6.95. The molecule has 1 amide bonds. The summed E-state index contributed by atoms with van der Waals surface area (Å²) < 4.78 is 5.64. The summed E-state index contributed by atoms with van der Waals surface area (Å²) in [5, 5.41) is 4.55. The van der Waals surface area contributed by atoms with Gasteiger partial charge in [-0.15, -0.1) is 11.8 Å². The number of nitrogens with one attached hydrogen (secondary N) is 1. The molecule has 138 valence electrons. The zero-order chi connectivity index (χ0) is 18.4. The summed E-state index contributed by atoms with van der Waals surface area (Å²) in [6, 6.07) is 13.6. The van der Waals surface area contributed by atoms with E-state index in [1.54, 1.807) is 11.8 Å². The fourth-order valence-electron chi connectivity index (χ4n) is 3.21. The molecular formula is C21H26N2O2S. The highest BCUT2D eigenvalue weighted by Crippen LogP contribution is 2.36. The van der Waals surface area contributed by atoms with Crippen molar-refractivity contribution < 1.29 is 9.53 Å². The molecule has 1 aromatic heterocycles. The Hall–Kier alpha value is -2.01. The van der Waals surface area contributed by atoms with Crippen molar-refractivity contribution in [3.63, 3.8) is 0 Å². The molecule has 5 heteroatoms. The molecule has 2 atom stereocenters. The smallest absolute Gasteiger partial charge is 0.227 e. The number of rotatable bonds is 6. The number of thioether (sulfide) groups is 1. The van der Waals surface area contributed by atoms with E-state index in [0.29, 0.717) is 5.25 Å². The third kappa shape index (κ3) is 5.49. The van der Waals surface area contributed by atoms with Crippen LogP contribution in [0.25, 0.3) is 0 Å². The van der Waals surface area contributed by atoms with E-state index in [2.05, 4.69) is 10.3 Å². The quantitative estimate of drug-likeness (QED) is 0.763. The van der Waals surface area contributed by atoms with E-state index in [1.807, 2.05) is 62.5 Å². The van der Waals surface area contributed by atoms with Gasteiger partial charge in [-0.1, -0.05) is 12.5 Å². The number of hydrogen-bond donors (Lipinski definition) is 1. The van der Waals surface area contributed by atoms with Gasteiger partial charge < -0.3 is 10.1 Å². The van der Waals surface area contributed by atoms with Gasteiger partial charge in [0.25, 0.3) is 0 Å². The number of ether oxygens (including phenoxy) is 1. The lowest BCUT2D eigenvalue weighted by Gasteiger charge is -2.27. The van der Waals surface area contributed by atoms with Gasteiger partial charge in [0, 0.05) is 23.1 Å². The van der Waals surface area contributed by atoms with E-state index in [-0.39, 0.29) is 17.9 Å². The number of pyridine rings is 1. The van der Waals surface area contributed by atoms with Crippen LogP contribution in [0.4, 0.5) is 5.69 Å². The van der Waals surface area contributed by atoms with Crippen LogP contribution in [0.3, 0.4) is 0 Å². The maximum absolute atomic E-state index is 12.7. The summed E-state index contributed by atoms with van der Waals surface area (Å²) in [7, 11) is 0. The minimum absolute atomic E-state index is 0.0663. The Morgan fingerprint density at radius 2 is 2.00 bits per heavy atom. The van der Waals surface area contributed by atoms with Gasteiger partial charge in [-0.25, -0.2) is 4.98 Å². The highest BCUT2D eigenvalue weighted by molar-refractivity contribution is 7.99. The second-order valence-corrected chi connectivity index (χ2v) is 8.27. The highest BCUT2D eigenvalue weighted by Gasteiger charge is 2.28. The maximum Gasteiger partial charge on any atom is 0.227 e. The van der Waals surface area contributed by atoms with Crippen LogP contribution in [0.15, 0.2) is 53.7 Å². The van der Waals surface area contributed by atoms with Crippen molar-refractivity contribution in [2.24, 2.45) is 5.92 Å². The molecule has 1 fully saturated rings. The molecule has 2 aromatic rings. The van der Waals surface area contributed by atoms with Crippen molar-refractivity contribution in [2.75, 3.05) is 5.32 Å². The van der Waals surface area contributed by atoms with Crippen molar-refractivity contribution in [3.8, 4) is 5.75 Å². The van der Waals surface area contributed by atoms with Gasteiger partial charge in [-0.3, -0.25) is 4.79 Å². The average Bonchev–Trinajstić information content (AvgIpc) is 2.64. The van der Waals surface area contributed by atoms with Gasteiger partial charge in [0.15, 0.2) is 0 Å². The zero-order valence-corrected chi connectivity index (χ0v) is 16.2. The van der Waals surface area contributed by atoms with E-state index in [1.165, 1.54) is 0 Å². The topological polar surface area (TPSA) is 51.2 Å². The summed E-state index contributed by atoms with van der Waals surface area (Å²) in [5.74, 6) is 1.01. The summed E-state index contributed by atoms with van der Waals surface area (Å²) in [4.78, 5) is 17.1. The van der Waals surface area contributed by atoms with E-state index < -0.39 is 0 Å². The lowest BCUT2D eigenvalue weighted by Crippen LogP contribution is -2.29. The number of aromatic nitrogens is 1. The molecule has 0 aliphatic heterocycles. The number of hydrogen-bond acceptors (Lipinski definition) is 4. The molecule has 3 rings (SSSR count). The molecule has 4 nitrogen and oxygen atoms in total. The van der Waals surface area contributed by atoms with Crippen LogP contribution < -0.4 is 10.1 Å². The molecule has 1 N–H and O–H groups in total. The lowest BCUT2D eigenvalue weighted by molar-refractivity contribution is -0.120. The molecule has 0 saturated heterocycles. The summed E-state index contributed by atoms with van der Waals surface area (Å²) in [6.45, 7) is 4.00. The fraction of sp³-hybridized carbons (Fsp3) is 0.429. The number of nitrogens with zero attached hydrogens (tertiary/aromatic N) is 1. The number of amides is 1. The van der Waals surface area contributed by atoms with E-state index in [4.69, 9.17) is 4.74 Å². The SMILES string of the molecule is CC(C)Oc1ccc(NC(=O)[C@@H]2CCC[C@@H](Sc3ccccn3)C2)cc1. The third-order valence-corrected chi connectivity index (χ3v) is 5.66. The number of benzene rings is 1. The second kappa shape index (κ2) is 9.08. The lowest BCUT2D eigenvalue weighted by atomic mass is 9.88. The first-order chi connectivity index (χ1) is 12.6. The Morgan fingerprint density at radius 3 is 2.69 bits per heavy atom. The first-order valence-electron chi connectivity index (χ1n) is 9.25. The van der Waals surface area contributed by atoms with Crippen LogP contribution >= 0.6 is 11.8 Å². The summed E-state index contributed by atoms with van der Waals surface area (Å²) in [5.41, 5.74) is 0.825. The monoisotopic (exact) mass is 370 g/mol. The van der Waals surface area contributed by atoms with Gasteiger partial charge in [0.05, 0.1) is 11.1 Å². The van der Waals surface area contributed by atoms with Gasteiger partial charge in [-0.05, 0) is 69.5 Å². The van der Waals surface area contributed by atoms with Crippen molar-refractivity contribution in [1.82, 2.24) is 4.98 Å². The largest absolute Gasteiger partial charge is 0.491 e. The number of carbonyl (C=O) groups excluding carboxylic acids is 1. The van der Waals surface area contributed by atoms with Crippen molar-refractivity contribution in [3.05, 3.63) is 48.7 Å². The Labute approximate surface area is 159 Å². The summed E-state index contributed by atoms with van der Waals surface area (Å²) >= 11 is 1.79. The van der Waals surface area contributed by atoms with Gasteiger partial charge in [-0.2, -0.15) is 0 Å². The highest BCUT2D eigenvalue weighted by atomic mass is 32.2. The van der Waals surface area contributed by atoms with Gasteiger partial charge >= 0.3 is 0 Å². The molecular weight excluding hydrogens is 344 g/mol. The number of carbonyl (C=O) groups is 1. The Kier molecular flexibility index (Phi) is 6.56. The molecule has 1 heterocycles. The number of anilines is 1. The van der Waals surface area contributed by atoms with Crippen molar-refractivity contribution in [2.45, 2.75) is 55.9 Å². The standard InChI is InChI=1S/C21H26N2O2S/c1-15(2)25-18-11-9-17(10-12-18)23-21(24)16-6-5-7-19(14-16)26-20-8-3-4-13-22-20/h3-4,8-13,15-16,19H,5-7,14H2,1-2H3,(H,23,24)/t16-,19-/m1/s1. The van der Waals surface area contributed by atoms with E-state index >= 15 is 0 Å². The van der Waals surface area contributed by atoms with Gasteiger partial charge in [0.1, 0.15) is 5.75 Å². The minimum atomic E-state index is 0.0663. The predicted octanol–water partition coefficient (Wildman–Crippen LogP) is 5.16. The Morgan fingerprint density at radius 1 is 1.19 bits per heavy atom. The average molecular weight is 371 g/mol. The van der Waals surface area contributed by atoms with Crippen molar-refractivity contribution >= 4 is 23.4 Å². The zero-order valence-electron chi connectivity index (χ0n) is 15.4. The molecule has 0 bridgehead atoms. The Bertz CT molecular complexity index is 704. The summed E-state index contributed by atoms with van der Waals surface area (Å²) in [6.07, 6.45) is 6.06. The molecule has 26 heavy (non-hydrogen) atoms. The van der Waals surface area contributed by atoms with Crippen LogP contribution in [0.2, 0.25) is 0 Å². The molecule has 0 unspecified atom stereocenters. The van der Waals surface area contributed by atoms with Crippen LogP contribution in [0.5, 0.6) is 5.75 Å². The van der Waals surface area contributed by atoms with Crippen LogP contribution in [0.1, 0.15) is 39.5 Å². The third-order valence-electron chi connectivity index (χ3n) is 4.42. The molecule has 1 aliphatic rings. The first kappa shape index (κ1) is 18.8. The van der Waals surface area contributed by atoms with Crippen LogP contribution in [-0.4, -0.2) is 22.2 Å². The van der Waals surface area contributed by atoms with E-state index in [9.17, 15) is 4.79 Å². The molecule has 0 spiro atoms. The van der Waals surface area contributed by atoms with Crippen molar-refractivity contribution in [1.29, 1.82) is 0 Å². The van der Waals surface area contributed by atoms with E-state index in [0.717, 1.165) is 42.1 Å².